The van der Waals surface area contributed by atoms with E-state index < -0.39 is 9.75 Å². The summed E-state index contributed by atoms with van der Waals surface area (Å²) in [6.07, 6.45) is 0.562. The third kappa shape index (κ3) is 2.05. The number of hydrogen-bond acceptors (Lipinski definition) is 1. The van der Waals surface area contributed by atoms with E-state index in [-0.39, 0.29) is 18.3 Å². The zero-order valence-corrected chi connectivity index (χ0v) is 10.3. The number of hydrogen-bond donors (Lipinski definition) is 0. The van der Waals surface area contributed by atoms with Crippen molar-refractivity contribution in [3.63, 3.8) is 0 Å². The molecule has 78 valence electrons. The monoisotopic (exact) mass is 245 g/mol. The van der Waals surface area contributed by atoms with Crippen molar-refractivity contribution in [2.75, 3.05) is 13.6 Å². The molecule has 1 aliphatic carbocycles. The van der Waals surface area contributed by atoms with E-state index >= 15 is 0 Å². The Balaban J connectivity index is 0.00000144. The van der Waals surface area contributed by atoms with Crippen molar-refractivity contribution in [1.82, 2.24) is 4.90 Å². The fourth-order valence-electron chi connectivity index (χ4n) is 1.20. The molecule has 1 rings (SSSR count). The van der Waals surface area contributed by atoms with Crippen LogP contribution in [-0.4, -0.2) is 28.7 Å². The second-order valence-electron chi connectivity index (χ2n) is 3.53. The number of nitrogens with zero attached hydrogens (tertiary/aromatic N) is 1. The average molecular weight is 247 g/mol. The summed E-state index contributed by atoms with van der Waals surface area (Å²) in [5.41, 5.74) is -0.555. The van der Waals surface area contributed by atoms with Crippen LogP contribution in [0.2, 0.25) is 0 Å². The van der Waals surface area contributed by atoms with Gasteiger partial charge in [-0.15, -0.1) is 35.6 Å². The van der Waals surface area contributed by atoms with E-state index in [0.29, 0.717) is 13.0 Å². The Labute approximate surface area is 95.0 Å². The van der Waals surface area contributed by atoms with Crippen LogP contribution < -0.4 is 0 Å². The summed E-state index contributed by atoms with van der Waals surface area (Å²) in [7, 11) is 1.76. The Hall–Kier alpha value is 0.340. The van der Waals surface area contributed by atoms with Crippen LogP contribution in [0.1, 0.15) is 20.3 Å². The van der Waals surface area contributed by atoms with Gasteiger partial charge >= 0.3 is 0 Å². The van der Waals surface area contributed by atoms with Gasteiger partial charge in [-0.2, -0.15) is 0 Å². The van der Waals surface area contributed by atoms with Crippen molar-refractivity contribution in [3.05, 3.63) is 0 Å². The highest BCUT2D eigenvalue weighted by Gasteiger charge is 2.68. The molecule has 0 aliphatic heterocycles. The van der Waals surface area contributed by atoms with Crippen LogP contribution in [0.4, 0.5) is 0 Å². The highest BCUT2D eigenvalue weighted by atomic mass is 35.5. The lowest BCUT2D eigenvalue weighted by molar-refractivity contribution is -0.134. The van der Waals surface area contributed by atoms with Crippen LogP contribution in [0.25, 0.3) is 0 Å². The van der Waals surface area contributed by atoms with Crippen molar-refractivity contribution in [2.45, 2.75) is 24.6 Å². The van der Waals surface area contributed by atoms with Crippen molar-refractivity contribution in [1.29, 1.82) is 0 Å². The third-order valence-electron chi connectivity index (χ3n) is 2.55. The third-order valence-corrected chi connectivity index (χ3v) is 3.65. The van der Waals surface area contributed by atoms with Gasteiger partial charge in [0.2, 0.25) is 5.91 Å². The molecule has 13 heavy (non-hydrogen) atoms. The molecule has 1 saturated carbocycles. The summed E-state index contributed by atoms with van der Waals surface area (Å²) < 4.78 is -0.840. The van der Waals surface area contributed by atoms with Gasteiger partial charge in [0.15, 0.2) is 0 Å². The molecule has 5 heteroatoms. The number of rotatable bonds is 2. The number of carbonyl (C=O) groups excluding carboxylic acids is 1. The molecule has 0 bridgehead atoms. The molecular formula is C8H14Cl3NO. The van der Waals surface area contributed by atoms with Crippen LogP contribution in [0, 0.1) is 5.41 Å². The Morgan fingerprint density at radius 3 is 2.15 bits per heavy atom. The van der Waals surface area contributed by atoms with E-state index in [2.05, 4.69) is 0 Å². The van der Waals surface area contributed by atoms with Gasteiger partial charge in [0.1, 0.15) is 4.33 Å². The van der Waals surface area contributed by atoms with Crippen LogP contribution in [0.3, 0.4) is 0 Å². The Morgan fingerprint density at radius 2 is 1.92 bits per heavy atom. The first-order valence-electron chi connectivity index (χ1n) is 3.98. The minimum absolute atomic E-state index is 0. The molecule has 2 nitrogen and oxygen atoms in total. The maximum atomic E-state index is 11.6. The standard InChI is InChI=1S/C8H13Cl2NO.ClH/c1-4-11(3)6(12)7(2)5-8(7,9)10;/h4-5H2,1-3H3;1H. The number of amides is 1. The van der Waals surface area contributed by atoms with Gasteiger partial charge < -0.3 is 4.90 Å². The number of halogens is 3. The van der Waals surface area contributed by atoms with Gasteiger partial charge in [-0.3, -0.25) is 4.79 Å². The first kappa shape index (κ1) is 13.3. The van der Waals surface area contributed by atoms with Crippen LogP contribution >= 0.6 is 35.6 Å². The van der Waals surface area contributed by atoms with E-state index in [1.54, 1.807) is 11.9 Å². The molecule has 1 amide bonds. The molecule has 0 saturated heterocycles. The summed E-state index contributed by atoms with van der Waals surface area (Å²) in [4.78, 5) is 13.3. The molecule has 1 atom stereocenters. The molecule has 1 fully saturated rings. The maximum Gasteiger partial charge on any atom is 0.231 e. The highest BCUT2D eigenvalue weighted by molar-refractivity contribution is 6.53. The van der Waals surface area contributed by atoms with Crippen molar-refractivity contribution in [2.24, 2.45) is 5.41 Å². The van der Waals surface area contributed by atoms with Gasteiger partial charge in [0.25, 0.3) is 0 Å². The molecular weight excluding hydrogens is 232 g/mol. The lowest BCUT2D eigenvalue weighted by atomic mass is 10.1. The predicted molar refractivity (Wildman–Crippen MR) is 57.7 cm³/mol. The molecule has 0 heterocycles. The first-order valence-corrected chi connectivity index (χ1v) is 4.74. The summed E-state index contributed by atoms with van der Waals surface area (Å²) >= 11 is 11.7. The van der Waals surface area contributed by atoms with Gasteiger partial charge in [-0.05, 0) is 20.3 Å². The van der Waals surface area contributed by atoms with Crippen molar-refractivity contribution >= 4 is 41.5 Å². The van der Waals surface area contributed by atoms with Gasteiger partial charge in [-0.25, -0.2) is 0 Å². The summed E-state index contributed by atoms with van der Waals surface area (Å²) in [6, 6.07) is 0. The van der Waals surface area contributed by atoms with E-state index in [9.17, 15) is 4.79 Å². The molecule has 1 unspecified atom stereocenters. The number of carbonyl (C=O) groups is 1. The molecule has 0 aromatic carbocycles. The zero-order chi connectivity index (χ0) is 9.57. The molecule has 0 N–H and O–H groups in total. The van der Waals surface area contributed by atoms with E-state index in [1.165, 1.54) is 0 Å². The summed E-state index contributed by atoms with van der Waals surface area (Å²) in [6.45, 7) is 4.42. The quantitative estimate of drug-likeness (QED) is 0.686. The molecule has 0 spiro atoms. The first-order chi connectivity index (χ1) is 5.35. The van der Waals surface area contributed by atoms with Gasteiger partial charge in [0, 0.05) is 13.6 Å². The SMILES string of the molecule is CCN(C)C(=O)C1(C)CC1(Cl)Cl.Cl. The Bertz CT molecular complexity index is 219. The highest BCUT2D eigenvalue weighted by Crippen LogP contribution is 2.64. The smallest absolute Gasteiger partial charge is 0.231 e. The Morgan fingerprint density at radius 1 is 1.54 bits per heavy atom. The Kier molecular flexibility index (Phi) is 3.94. The molecule has 0 radical (unpaired) electrons. The largest absolute Gasteiger partial charge is 0.345 e. The van der Waals surface area contributed by atoms with Gasteiger partial charge in [0.05, 0.1) is 5.41 Å². The number of alkyl halides is 2. The van der Waals surface area contributed by atoms with Crippen LogP contribution in [0.5, 0.6) is 0 Å². The lowest BCUT2D eigenvalue weighted by Gasteiger charge is -2.20. The normalized spacial score (nSPS) is 29.0. The fourth-order valence-corrected chi connectivity index (χ4v) is 1.89. The second-order valence-corrected chi connectivity index (χ2v) is 5.02. The van der Waals surface area contributed by atoms with Crippen LogP contribution in [0.15, 0.2) is 0 Å². The van der Waals surface area contributed by atoms with E-state index in [0.717, 1.165) is 0 Å². The zero-order valence-electron chi connectivity index (χ0n) is 7.93. The van der Waals surface area contributed by atoms with Gasteiger partial charge in [-0.1, -0.05) is 0 Å². The molecule has 0 aromatic heterocycles. The van der Waals surface area contributed by atoms with E-state index in [1.807, 2.05) is 13.8 Å². The topological polar surface area (TPSA) is 20.3 Å². The summed E-state index contributed by atoms with van der Waals surface area (Å²) in [5.74, 6) is 0.0370. The second kappa shape index (κ2) is 3.84. The van der Waals surface area contributed by atoms with Crippen LogP contribution in [-0.2, 0) is 4.79 Å². The average Bonchev–Trinajstić information content (AvgIpc) is 2.50. The fraction of sp³-hybridized carbons (Fsp3) is 0.875. The lowest BCUT2D eigenvalue weighted by Crippen LogP contribution is -2.34. The van der Waals surface area contributed by atoms with E-state index in [4.69, 9.17) is 23.2 Å². The predicted octanol–water partition coefficient (Wildman–Crippen LogP) is 2.47. The molecule has 0 aromatic rings. The minimum atomic E-state index is -0.840. The maximum absolute atomic E-state index is 11.6. The van der Waals surface area contributed by atoms with Crippen molar-refractivity contribution < 1.29 is 4.79 Å². The van der Waals surface area contributed by atoms with Crippen molar-refractivity contribution in [3.8, 4) is 0 Å². The summed E-state index contributed by atoms with van der Waals surface area (Å²) in [5, 5.41) is 0. The molecule has 1 aliphatic rings. The minimum Gasteiger partial charge on any atom is -0.345 e.